The SMILES string of the molecule is COc1cc(Br)c2oc(CNC3CC3)c(C)c2c1. The number of aryl methyl sites for hydroxylation is 1. The lowest BCUT2D eigenvalue weighted by Crippen LogP contribution is -2.15. The molecule has 0 atom stereocenters. The summed E-state index contributed by atoms with van der Waals surface area (Å²) in [7, 11) is 1.68. The smallest absolute Gasteiger partial charge is 0.149 e. The van der Waals surface area contributed by atoms with Crippen LogP contribution in [0.15, 0.2) is 21.0 Å². The second-order valence-electron chi connectivity index (χ2n) is 4.79. The number of methoxy groups -OCH3 is 1. The number of benzene rings is 1. The van der Waals surface area contributed by atoms with Crippen LogP contribution in [0.25, 0.3) is 11.0 Å². The van der Waals surface area contributed by atoms with Gasteiger partial charge in [-0.05, 0) is 53.4 Å². The van der Waals surface area contributed by atoms with Crippen LogP contribution in [0.5, 0.6) is 5.75 Å². The summed E-state index contributed by atoms with van der Waals surface area (Å²) in [5.41, 5.74) is 2.10. The second-order valence-corrected chi connectivity index (χ2v) is 5.65. The molecule has 3 nitrogen and oxygen atoms in total. The first-order chi connectivity index (χ1) is 8.69. The van der Waals surface area contributed by atoms with Crippen molar-refractivity contribution >= 4 is 26.9 Å². The van der Waals surface area contributed by atoms with E-state index >= 15 is 0 Å². The average Bonchev–Trinajstić information content (AvgIpc) is 3.13. The molecule has 1 heterocycles. The lowest BCUT2D eigenvalue weighted by atomic mass is 10.1. The predicted octanol–water partition coefficient (Wildman–Crippen LogP) is 3.76. The third-order valence-corrected chi connectivity index (χ3v) is 4.02. The molecule has 1 fully saturated rings. The van der Waals surface area contributed by atoms with Crippen molar-refractivity contribution in [3.63, 3.8) is 0 Å². The molecule has 0 bridgehead atoms. The Kier molecular flexibility index (Phi) is 3.08. The van der Waals surface area contributed by atoms with Gasteiger partial charge in [-0.1, -0.05) is 0 Å². The lowest BCUT2D eigenvalue weighted by Gasteiger charge is -2.00. The van der Waals surface area contributed by atoms with E-state index in [0.717, 1.165) is 33.5 Å². The summed E-state index contributed by atoms with van der Waals surface area (Å²) in [6.07, 6.45) is 2.58. The molecule has 1 N–H and O–H groups in total. The molecule has 2 aromatic rings. The zero-order valence-corrected chi connectivity index (χ0v) is 12.1. The van der Waals surface area contributed by atoms with Gasteiger partial charge < -0.3 is 14.5 Å². The van der Waals surface area contributed by atoms with Crippen molar-refractivity contribution in [1.82, 2.24) is 5.32 Å². The highest BCUT2D eigenvalue weighted by atomic mass is 79.9. The van der Waals surface area contributed by atoms with E-state index in [0.29, 0.717) is 6.04 Å². The number of halogens is 1. The standard InChI is InChI=1S/C14H16BrNO2/c1-8-11-5-10(17-2)6-12(15)14(11)18-13(8)7-16-9-3-4-9/h5-6,9,16H,3-4,7H2,1-2H3. The van der Waals surface area contributed by atoms with Gasteiger partial charge in [0.1, 0.15) is 17.1 Å². The second kappa shape index (κ2) is 4.59. The molecule has 0 spiro atoms. The minimum absolute atomic E-state index is 0.690. The molecule has 18 heavy (non-hydrogen) atoms. The quantitative estimate of drug-likeness (QED) is 0.933. The Morgan fingerprint density at radius 2 is 2.22 bits per heavy atom. The third-order valence-electron chi connectivity index (χ3n) is 3.43. The van der Waals surface area contributed by atoms with Crippen LogP contribution >= 0.6 is 15.9 Å². The van der Waals surface area contributed by atoms with E-state index in [1.54, 1.807) is 7.11 Å². The van der Waals surface area contributed by atoms with E-state index in [1.165, 1.54) is 18.4 Å². The summed E-state index contributed by atoms with van der Waals surface area (Å²) in [4.78, 5) is 0. The Hall–Kier alpha value is -1.00. The molecule has 0 radical (unpaired) electrons. The average molecular weight is 310 g/mol. The van der Waals surface area contributed by atoms with E-state index in [-0.39, 0.29) is 0 Å². The first-order valence-corrected chi connectivity index (χ1v) is 6.97. The molecule has 1 aliphatic carbocycles. The van der Waals surface area contributed by atoms with Crippen LogP contribution in [0, 0.1) is 6.92 Å². The number of ether oxygens (including phenoxy) is 1. The molecule has 1 saturated carbocycles. The van der Waals surface area contributed by atoms with Gasteiger partial charge in [0.05, 0.1) is 18.1 Å². The van der Waals surface area contributed by atoms with E-state index in [2.05, 4.69) is 28.2 Å². The van der Waals surface area contributed by atoms with Crippen LogP contribution in [0.2, 0.25) is 0 Å². The molecule has 96 valence electrons. The summed E-state index contributed by atoms with van der Waals surface area (Å²) >= 11 is 3.53. The van der Waals surface area contributed by atoms with Crippen LogP contribution in [-0.4, -0.2) is 13.2 Å². The zero-order chi connectivity index (χ0) is 12.7. The van der Waals surface area contributed by atoms with Gasteiger partial charge in [0.25, 0.3) is 0 Å². The van der Waals surface area contributed by atoms with Crippen molar-refractivity contribution < 1.29 is 9.15 Å². The molecular weight excluding hydrogens is 294 g/mol. The van der Waals surface area contributed by atoms with Crippen LogP contribution < -0.4 is 10.1 Å². The molecule has 1 aromatic carbocycles. The molecule has 0 aliphatic heterocycles. The number of hydrogen-bond donors (Lipinski definition) is 1. The summed E-state index contributed by atoms with van der Waals surface area (Å²) in [5.74, 6) is 1.87. The van der Waals surface area contributed by atoms with E-state index < -0.39 is 0 Å². The van der Waals surface area contributed by atoms with Gasteiger partial charge in [0.2, 0.25) is 0 Å². The molecule has 1 aliphatic rings. The van der Waals surface area contributed by atoms with Crippen molar-refractivity contribution in [3.05, 3.63) is 27.9 Å². The highest BCUT2D eigenvalue weighted by Gasteiger charge is 2.22. The Bertz CT molecular complexity index is 587. The molecular formula is C14H16BrNO2. The van der Waals surface area contributed by atoms with Gasteiger partial charge >= 0.3 is 0 Å². The van der Waals surface area contributed by atoms with E-state index in [4.69, 9.17) is 9.15 Å². The van der Waals surface area contributed by atoms with Crippen molar-refractivity contribution in [2.45, 2.75) is 32.4 Å². The molecule has 1 aromatic heterocycles. The molecule has 3 rings (SSSR count). The van der Waals surface area contributed by atoms with Crippen molar-refractivity contribution in [2.75, 3.05) is 7.11 Å². The molecule has 0 amide bonds. The zero-order valence-electron chi connectivity index (χ0n) is 10.5. The summed E-state index contributed by atoms with van der Waals surface area (Å²) in [6, 6.07) is 4.65. The summed E-state index contributed by atoms with van der Waals surface area (Å²) in [5, 5.41) is 4.60. The Labute approximate surface area is 115 Å². The van der Waals surface area contributed by atoms with Crippen LogP contribution in [0.1, 0.15) is 24.2 Å². The Balaban J connectivity index is 2.00. The highest BCUT2D eigenvalue weighted by molar-refractivity contribution is 9.10. The normalized spacial score (nSPS) is 15.3. The van der Waals surface area contributed by atoms with Crippen molar-refractivity contribution in [3.8, 4) is 5.75 Å². The van der Waals surface area contributed by atoms with Gasteiger partial charge in [-0.15, -0.1) is 0 Å². The summed E-state index contributed by atoms with van der Waals surface area (Å²) < 4.78 is 12.2. The third kappa shape index (κ3) is 2.15. The van der Waals surface area contributed by atoms with Gasteiger partial charge in [-0.3, -0.25) is 0 Å². The number of hydrogen-bond acceptors (Lipinski definition) is 3. The maximum atomic E-state index is 5.94. The largest absolute Gasteiger partial charge is 0.497 e. The fourth-order valence-corrected chi connectivity index (χ4v) is 2.63. The maximum absolute atomic E-state index is 5.94. The first kappa shape index (κ1) is 12.1. The highest BCUT2D eigenvalue weighted by Crippen LogP contribution is 2.35. The van der Waals surface area contributed by atoms with Gasteiger partial charge in [-0.25, -0.2) is 0 Å². The Morgan fingerprint density at radius 3 is 2.89 bits per heavy atom. The fourth-order valence-electron chi connectivity index (χ4n) is 2.11. The number of furan rings is 1. The lowest BCUT2D eigenvalue weighted by molar-refractivity contribution is 0.415. The minimum atomic E-state index is 0.690. The summed E-state index contributed by atoms with van der Waals surface area (Å²) in [6.45, 7) is 2.90. The molecule has 4 heteroatoms. The maximum Gasteiger partial charge on any atom is 0.149 e. The monoisotopic (exact) mass is 309 g/mol. The Morgan fingerprint density at radius 1 is 1.44 bits per heavy atom. The van der Waals surface area contributed by atoms with Crippen LogP contribution in [0.4, 0.5) is 0 Å². The first-order valence-electron chi connectivity index (χ1n) is 6.18. The predicted molar refractivity (Wildman–Crippen MR) is 75.1 cm³/mol. The van der Waals surface area contributed by atoms with E-state index in [1.807, 2.05) is 12.1 Å². The van der Waals surface area contributed by atoms with E-state index in [9.17, 15) is 0 Å². The molecule has 0 saturated heterocycles. The van der Waals surface area contributed by atoms with Gasteiger partial charge in [0.15, 0.2) is 0 Å². The van der Waals surface area contributed by atoms with Gasteiger partial charge in [0, 0.05) is 11.4 Å². The minimum Gasteiger partial charge on any atom is -0.497 e. The fraction of sp³-hybridized carbons (Fsp3) is 0.429. The molecule has 0 unspecified atom stereocenters. The van der Waals surface area contributed by atoms with Crippen molar-refractivity contribution in [2.24, 2.45) is 0 Å². The topological polar surface area (TPSA) is 34.4 Å². The van der Waals surface area contributed by atoms with Crippen LogP contribution in [0.3, 0.4) is 0 Å². The number of nitrogens with one attached hydrogen (secondary N) is 1. The number of fused-ring (bicyclic) bond motifs is 1. The van der Waals surface area contributed by atoms with Crippen LogP contribution in [-0.2, 0) is 6.54 Å². The van der Waals surface area contributed by atoms with Gasteiger partial charge in [-0.2, -0.15) is 0 Å². The van der Waals surface area contributed by atoms with Crippen molar-refractivity contribution in [1.29, 1.82) is 0 Å². The number of rotatable bonds is 4.